The number of carbonyl (C=O) groups is 1. The van der Waals surface area contributed by atoms with Crippen LogP contribution in [0.25, 0.3) is 0 Å². The maximum Gasteiger partial charge on any atom is 0.335 e. The van der Waals surface area contributed by atoms with Gasteiger partial charge in [-0.25, -0.2) is 23.0 Å². The van der Waals surface area contributed by atoms with E-state index in [0.717, 1.165) is 17.3 Å². The molecule has 3 rings (SSSR count). The van der Waals surface area contributed by atoms with Gasteiger partial charge in [-0.3, -0.25) is 15.4 Å². The van der Waals surface area contributed by atoms with Crippen LogP contribution in [0.1, 0.15) is 5.56 Å². The molecule has 1 aromatic heterocycles. The number of urea groups is 1. The van der Waals surface area contributed by atoms with Crippen LogP contribution in [0.4, 0.5) is 16.4 Å². The molecule has 13 heteroatoms. The first-order chi connectivity index (χ1) is 13.7. The molecule has 2 amide bonds. The Morgan fingerprint density at radius 3 is 2.55 bits per heavy atom. The van der Waals surface area contributed by atoms with Crippen LogP contribution in [0.2, 0.25) is 0 Å². The lowest BCUT2D eigenvalue weighted by Crippen LogP contribution is -2.34. The van der Waals surface area contributed by atoms with E-state index in [9.17, 15) is 23.3 Å². The molecule has 11 nitrogen and oxygen atoms in total. The number of carbonyl (C=O) groups excluding carboxylic acids is 1. The number of H-pyrrole nitrogens is 1. The Kier molecular flexibility index (Phi) is 5.79. The van der Waals surface area contributed by atoms with E-state index in [0.29, 0.717) is 4.90 Å². The average molecular weight is 434 g/mol. The van der Waals surface area contributed by atoms with Crippen molar-refractivity contribution in [2.75, 3.05) is 5.32 Å². The van der Waals surface area contributed by atoms with Crippen molar-refractivity contribution in [2.45, 2.75) is 21.9 Å². The number of nitrogens with zero attached hydrogens (tertiary/aromatic N) is 3. The molecule has 0 atom stereocenters. The van der Waals surface area contributed by atoms with Gasteiger partial charge in [-0.15, -0.1) is 5.10 Å². The normalized spacial score (nSPS) is 11.1. The van der Waals surface area contributed by atoms with Gasteiger partial charge in [-0.05, 0) is 36.9 Å². The van der Waals surface area contributed by atoms with Gasteiger partial charge in [0.25, 0.3) is 15.7 Å². The van der Waals surface area contributed by atoms with Gasteiger partial charge < -0.3 is 0 Å². The number of rotatable bonds is 6. The number of hydrogen-bond donors (Lipinski definition) is 3. The highest BCUT2D eigenvalue weighted by atomic mass is 32.2. The lowest BCUT2D eigenvalue weighted by molar-refractivity contribution is -0.387. The Labute approximate surface area is 169 Å². The van der Waals surface area contributed by atoms with Crippen LogP contribution in [-0.4, -0.2) is 34.6 Å². The lowest BCUT2D eigenvalue weighted by atomic mass is 10.2. The first kappa shape index (κ1) is 20.3. The maximum atomic E-state index is 12.2. The molecule has 0 aliphatic heterocycles. The summed E-state index contributed by atoms with van der Waals surface area (Å²) < 4.78 is 26.3. The minimum Gasteiger partial charge on any atom is -0.276 e. The molecule has 0 spiro atoms. The van der Waals surface area contributed by atoms with Crippen LogP contribution in [0.3, 0.4) is 0 Å². The van der Waals surface area contributed by atoms with Crippen molar-refractivity contribution >= 4 is 39.5 Å². The van der Waals surface area contributed by atoms with Crippen LogP contribution in [-0.2, 0) is 10.0 Å². The summed E-state index contributed by atoms with van der Waals surface area (Å²) in [7, 11) is -4.06. The SMILES string of the molecule is Cc1ccc(S(=O)(=O)NC(=O)Nc2nc(Sc3ccccc3[N+](=O)[O-])n[nH]2)cc1. The number of aromatic nitrogens is 3. The molecule has 0 saturated carbocycles. The Morgan fingerprint density at radius 2 is 1.86 bits per heavy atom. The van der Waals surface area contributed by atoms with Crippen LogP contribution in [0.5, 0.6) is 0 Å². The number of benzene rings is 2. The second-order valence-corrected chi connectivity index (χ2v) is 8.36. The monoisotopic (exact) mass is 434 g/mol. The zero-order valence-electron chi connectivity index (χ0n) is 14.8. The van der Waals surface area contributed by atoms with Gasteiger partial charge in [0.05, 0.1) is 14.7 Å². The first-order valence-electron chi connectivity index (χ1n) is 7.99. The number of nitro groups is 1. The molecule has 0 saturated heterocycles. The highest BCUT2D eigenvalue weighted by Gasteiger charge is 2.19. The van der Waals surface area contributed by atoms with Crippen molar-refractivity contribution in [3.05, 3.63) is 64.2 Å². The summed E-state index contributed by atoms with van der Waals surface area (Å²) in [4.78, 5) is 26.7. The Hall–Kier alpha value is -3.45. The summed E-state index contributed by atoms with van der Waals surface area (Å²) >= 11 is 0.917. The van der Waals surface area contributed by atoms with E-state index in [1.807, 2.05) is 4.72 Å². The summed E-state index contributed by atoms with van der Waals surface area (Å²) in [5.74, 6) is -0.123. The third kappa shape index (κ3) is 5.08. The van der Waals surface area contributed by atoms with Crippen LogP contribution in [0, 0.1) is 17.0 Å². The fourth-order valence-corrected chi connectivity index (χ4v) is 3.90. The predicted octanol–water partition coefficient (Wildman–Crippen LogP) is 2.68. The number of sulfonamides is 1. The second kappa shape index (κ2) is 8.28. The molecule has 0 unspecified atom stereocenters. The number of nitrogens with one attached hydrogen (secondary N) is 3. The van der Waals surface area contributed by atoms with E-state index in [1.165, 1.54) is 30.3 Å². The van der Waals surface area contributed by atoms with E-state index in [-0.39, 0.29) is 21.7 Å². The van der Waals surface area contributed by atoms with E-state index in [2.05, 4.69) is 20.5 Å². The molecule has 3 N–H and O–H groups in total. The molecule has 1 heterocycles. The topological polar surface area (TPSA) is 160 Å². The van der Waals surface area contributed by atoms with Gasteiger partial charge in [0.15, 0.2) is 0 Å². The lowest BCUT2D eigenvalue weighted by Gasteiger charge is -2.07. The Bertz CT molecular complexity index is 1160. The highest BCUT2D eigenvalue weighted by molar-refractivity contribution is 7.99. The number of hydrogen-bond acceptors (Lipinski definition) is 8. The highest BCUT2D eigenvalue weighted by Crippen LogP contribution is 2.32. The van der Waals surface area contributed by atoms with Crippen LogP contribution in [0.15, 0.2) is 63.5 Å². The summed E-state index contributed by atoms with van der Waals surface area (Å²) in [5.41, 5.74) is 0.762. The number of aromatic amines is 1. The number of para-hydroxylation sites is 1. The van der Waals surface area contributed by atoms with Crippen molar-refractivity contribution in [1.82, 2.24) is 19.9 Å². The molecule has 150 valence electrons. The molecule has 0 radical (unpaired) electrons. The van der Waals surface area contributed by atoms with Crippen LogP contribution < -0.4 is 10.0 Å². The van der Waals surface area contributed by atoms with E-state index in [4.69, 9.17) is 0 Å². The molecular weight excluding hydrogens is 420 g/mol. The Morgan fingerprint density at radius 1 is 1.17 bits per heavy atom. The average Bonchev–Trinajstić information content (AvgIpc) is 3.08. The predicted molar refractivity (Wildman–Crippen MR) is 104 cm³/mol. The number of amides is 2. The molecule has 29 heavy (non-hydrogen) atoms. The van der Waals surface area contributed by atoms with Crippen molar-refractivity contribution in [2.24, 2.45) is 0 Å². The summed E-state index contributed by atoms with van der Waals surface area (Å²) in [6.07, 6.45) is 0. The molecule has 0 aliphatic rings. The molecule has 3 aromatic rings. The molecular formula is C16H14N6O5S2. The minimum atomic E-state index is -4.06. The third-order valence-corrected chi connectivity index (χ3v) is 5.80. The van der Waals surface area contributed by atoms with Crippen LogP contribution >= 0.6 is 11.8 Å². The van der Waals surface area contributed by atoms with Crippen molar-refractivity contribution in [1.29, 1.82) is 0 Å². The summed E-state index contributed by atoms with van der Waals surface area (Å²) in [5, 5.41) is 19.6. The van der Waals surface area contributed by atoms with Crippen molar-refractivity contribution in [3.8, 4) is 0 Å². The minimum absolute atomic E-state index is 0.0662. The fraction of sp³-hybridized carbons (Fsp3) is 0.0625. The zero-order chi connectivity index (χ0) is 21.0. The quantitative estimate of drug-likeness (QED) is 0.394. The standard InChI is InChI=1S/C16H14N6O5S2/c1-10-6-8-11(9-7-10)29(26,27)21-15(23)17-14-18-16(20-19-14)28-13-5-3-2-4-12(13)22(24)25/h2-9H,1H3,(H3,17,18,19,20,21,23). The van der Waals surface area contributed by atoms with Crippen molar-refractivity contribution in [3.63, 3.8) is 0 Å². The van der Waals surface area contributed by atoms with E-state index in [1.54, 1.807) is 25.1 Å². The molecule has 0 aliphatic carbocycles. The van der Waals surface area contributed by atoms with Gasteiger partial charge in [0.1, 0.15) is 0 Å². The second-order valence-electron chi connectivity index (χ2n) is 5.67. The maximum absolute atomic E-state index is 12.2. The third-order valence-electron chi connectivity index (χ3n) is 3.52. The Balaban J connectivity index is 1.66. The smallest absolute Gasteiger partial charge is 0.276 e. The summed E-state index contributed by atoms with van der Waals surface area (Å²) in [6.45, 7) is 1.81. The van der Waals surface area contributed by atoms with Gasteiger partial charge in [-0.1, -0.05) is 29.8 Å². The van der Waals surface area contributed by atoms with E-state index < -0.39 is 21.0 Å². The summed E-state index contributed by atoms with van der Waals surface area (Å²) in [6, 6.07) is 11.0. The first-order valence-corrected chi connectivity index (χ1v) is 10.3. The largest absolute Gasteiger partial charge is 0.335 e. The van der Waals surface area contributed by atoms with Crippen molar-refractivity contribution < 1.29 is 18.1 Å². The number of aryl methyl sites for hydroxylation is 1. The number of anilines is 1. The van der Waals surface area contributed by atoms with Gasteiger partial charge in [0, 0.05) is 6.07 Å². The molecule has 0 bridgehead atoms. The number of nitro benzene ring substituents is 1. The zero-order valence-corrected chi connectivity index (χ0v) is 16.5. The van der Waals surface area contributed by atoms with Gasteiger partial charge >= 0.3 is 6.03 Å². The molecule has 2 aromatic carbocycles. The van der Waals surface area contributed by atoms with E-state index >= 15 is 0 Å². The van der Waals surface area contributed by atoms with Gasteiger partial charge in [-0.2, -0.15) is 4.98 Å². The fourth-order valence-electron chi connectivity index (χ4n) is 2.17. The molecule has 0 fully saturated rings. The van der Waals surface area contributed by atoms with Gasteiger partial charge in [0.2, 0.25) is 11.1 Å².